The molecular weight excluding hydrogens is 202 g/mol. The lowest BCUT2D eigenvalue weighted by atomic mass is 9.86. The van der Waals surface area contributed by atoms with Crippen LogP contribution in [0.2, 0.25) is 0 Å². The maximum atomic E-state index is 11.6. The first-order valence-corrected chi connectivity index (χ1v) is 6.37. The number of rotatable bonds is 2. The van der Waals surface area contributed by atoms with Crippen molar-refractivity contribution in [2.24, 2.45) is 5.92 Å². The SMILES string of the molecule is CC(OC(=O)NC(C)(C)C)C1CCCCC1. The molecule has 94 valence electrons. The molecule has 1 amide bonds. The van der Waals surface area contributed by atoms with E-state index in [1.54, 1.807) is 0 Å². The molecule has 0 aliphatic heterocycles. The third-order valence-corrected chi connectivity index (χ3v) is 3.08. The molecular formula is C13H25NO2. The second-order valence-corrected chi connectivity index (χ2v) is 5.88. The van der Waals surface area contributed by atoms with Crippen molar-refractivity contribution < 1.29 is 9.53 Å². The van der Waals surface area contributed by atoms with Gasteiger partial charge in [-0.3, -0.25) is 0 Å². The maximum absolute atomic E-state index is 11.6. The van der Waals surface area contributed by atoms with Crippen LogP contribution in [-0.4, -0.2) is 17.7 Å². The van der Waals surface area contributed by atoms with Crippen LogP contribution < -0.4 is 5.32 Å². The summed E-state index contributed by atoms with van der Waals surface area (Å²) in [5, 5.41) is 2.83. The predicted molar refractivity (Wildman–Crippen MR) is 65.4 cm³/mol. The molecule has 1 atom stereocenters. The lowest BCUT2D eigenvalue weighted by Crippen LogP contribution is -2.43. The molecule has 3 heteroatoms. The molecule has 3 nitrogen and oxygen atoms in total. The Morgan fingerprint density at radius 1 is 1.25 bits per heavy atom. The van der Waals surface area contributed by atoms with E-state index in [4.69, 9.17) is 4.74 Å². The molecule has 0 bridgehead atoms. The quantitative estimate of drug-likeness (QED) is 0.784. The van der Waals surface area contributed by atoms with Crippen LogP contribution in [0.25, 0.3) is 0 Å². The monoisotopic (exact) mass is 227 g/mol. The Morgan fingerprint density at radius 3 is 2.31 bits per heavy atom. The van der Waals surface area contributed by atoms with Gasteiger partial charge in [0.15, 0.2) is 0 Å². The average molecular weight is 227 g/mol. The van der Waals surface area contributed by atoms with Gasteiger partial charge >= 0.3 is 6.09 Å². The van der Waals surface area contributed by atoms with Crippen LogP contribution in [0.4, 0.5) is 4.79 Å². The maximum Gasteiger partial charge on any atom is 0.407 e. The van der Waals surface area contributed by atoms with E-state index in [1.807, 2.05) is 27.7 Å². The van der Waals surface area contributed by atoms with Crippen molar-refractivity contribution in [1.29, 1.82) is 0 Å². The molecule has 1 saturated carbocycles. The van der Waals surface area contributed by atoms with Gasteiger partial charge in [-0.25, -0.2) is 4.79 Å². The van der Waals surface area contributed by atoms with Gasteiger partial charge in [-0.05, 0) is 46.5 Å². The molecule has 0 aromatic rings. The number of alkyl carbamates (subject to hydrolysis) is 1. The topological polar surface area (TPSA) is 38.3 Å². The van der Waals surface area contributed by atoms with Crippen molar-refractivity contribution in [2.45, 2.75) is 71.4 Å². The van der Waals surface area contributed by atoms with Gasteiger partial charge in [0, 0.05) is 5.54 Å². The second kappa shape index (κ2) is 5.55. The van der Waals surface area contributed by atoms with E-state index in [0.717, 1.165) is 0 Å². The van der Waals surface area contributed by atoms with E-state index in [1.165, 1.54) is 32.1 Å². The van der Waals surface area contributed by atoms with Crippen molar-refractivity contribution in [2.75, 3.05) is 0 Å². The van der Waals surface area contributed by atoms with Crippen molar-refractivity contribution in [1.82, 2.24) is 5.32 Å². The molecule has 1 unspecified atom stereocenters. The Bertz CT molecular complexity index is 227. The van der Waals surface area contributed by atoms with Gasteiger partial charge < -0.3 is 10.1 Å². The molecule has 16 heavy (non-hydrogen) atoms. The smallest absolute Gasteiger partial charge is 0.407 e. The standard InChI is InChI=1S/C13H25NO2/c1-10(11-8-6-5-7-9-11)16-12(15)14-13(2,3)4/h10-11H,5-9H2,1-4H3,(H,14,15). The lowest BCUT2D eigenvalue weighted by Gasteiger charge is -2.29. The summed E-state index contributed by atoms with van der Waals surface area (Å²) >= 11 is 0. The number of carbonyl (C=O) groups excluding carboxylic acids is 1. The van der Waals surface area contributed by atoms with Crippen LogP contribution in [0.15, 0.2) is 0 Å². The Morgan fingerprint density at radius 2 is 1.81 bits per heavy atom. The highest BCUT2D eigenvalue weighted by atomic mass is 16.6. The Kier molecular flexibility index (Phi) is 4.63. The largest absolute Gasteiger partial charge is 0.446 e. The van der Waals surface area contributed by atoms with Gasteiger partial charge in [-0.15, -0.1) is 0 Å². The fraction of sp³-hybridized carbons (Fsp3) is 0.923. The summed E-state index contributed by atoms with van der Waals surface area (Å²) in [5.41, 5.74) is -0.219. The Hall–Kier alpha value is -0.730. The summed E-state index contributed by atoms with van der Waals surface area (Å²) in [4.78, 5) is 11.6. The first-order chi connectivity index (χ1) is 7.38. The van der Waals surface area contributed by atoms with Gasteiger partial charge in [0.05, 0.1) is 0 Å². The molecule has 1 aliphatic carbocycles. The van der Waals surface area contributed by atoms with E-state index in [0.29, 0.717) is 5.92 Å². The van der Waals surface area contributed by atoms with Crippen LogP contribution in [0.5, 0.6) is 0 Å². The zero-order valence-electron chi connectivity index (χ0n) is 11.0. The zero-order valence-corrected chi connectivity index (χ0v) is 11.0. The highest BCUT2D eigenvalue weighted by Gasteiger charge is 2.24. The average Bonchev–Trinajstić information content (AvgIpc) is 2.16. The Labute approximate surface area is 98.9 Å². The highest BCUT2D eigenvalue weighted by molar-refractivity contribution is 5.68. The molecule has 1 N–H and O–H groups in total. The first kappa shape index (κ1) is 13.3. The van der Waals surface area contributed by atoms with Crippen molar-refractivity contribution in [3.05, 3.63) is 0 Å². The van der Waals surface area contributed by atoms with Crippen LogP contribution in [0, 0.1) is 5.92 Å². The summed E-state index contributed by atoms with van der Waals surface area (Å²) in [7, 11) is 0. The summed E-state index contributed by atoms with van der Waals surface area (Å²) in [6, 6.07) is 0. The van der Waals surface area contributed by atoms with Crippen LogP contribution in [-0.2, 0) is 4.74 Å². The number of ether oxygens (including phenoxy) is 1. The van der Waals surface area contributed by atoms with Gasteiger partial charge in [-0.1, -0.05) is 19.3 Å². The van der Waals surface area contributed by atoms with E-state index in [2.05, 4.69) is 5.32 Å². The Balaban J connectivity index is 2.32. The van der Waals surface area contributed by atoms with Crippen LogP contribution in [0.3, 0.4) is 0 Å². The first-order valence-electron chi connectivity index (χ1n) is 6.37. The third kappa shape index (κ3) is 4.86. The molecule has 0 heterocycles. The van der Waals surface area contributed by atoms with Gasteiger partial charge in [0.2, 0.25) is 0 Å². The molecule has 1 rings (SSSR count). The minimum absolute atomic E-state index is 0.0441. The predicted octanol–water partition coefficient (Wildman–Crippen LogP) is 3.48. The van der Waals surface area contributed by atoms with E-state index in [-0.39, 0.29) is 17.7 Å². The van der Waals surface area contributed by atoms with E-state index < -0.39 is 0 Å². The normalized spacial score (nSPS) is 20.2. The fourth-order valence-corrected chi connectivity index (χ4v) is 2.20. The fourth-order valence-electron chi connectivity index (χ4n) is 2.20. The number of hydrogen-bond acceptors (Lipinski definition) is 2. The number of nitrogens with one attached hydrogen (secondary N) is 1. The summed E-state index contributed by atoms with van der Waals surface area (Å²) in [5.74, 6) is 0.555. The second-order valence-electron chi connectivity index (χ2n) is 5.88. The molecule has 0 saturated heterocycles. The van der Waals surface area contributed by atoms with Gasteiger partial charge in [0.1, 0.15) is 6.10 Å². The summed E-state index contributed by atoms with van der Waals surface area (Å²) in [6.07, 6.45) is 6.04. The van der Waals surface area contributed by atoms with Crippen LogP contribution >= 0.6 is 0 Å². The third-order valence-electron chi connectivity index (χ3n) is 3.08. The molecule has 1 fully saturated rings. The summed E-state index contributed by atoms with van der Waals surface area (Å²) in [6.45, 7) is 7.89. The van der Waals surface area contributed by atoms with Crippen molar-refractivity contribution >= 4 is 6.09 Å². The number of amides is 1. The van der Waals surface area contributed by atoms with E-state index >= 15 is 0 Å². The van der Waals surface area contributed by atoms with Gasteiger partial charge in [-0.2, -0.15) is 0 Å². The minimum atomic E-state index is -0.287. The highest BCUT2D eigenvalue weighted by Crippen LogP contribution is 2.27. The minimum Gasteiger partial charge on any atom is -0.446 e. The molecule has 1 aliphatic rings. The van der Waals surface area contributed by atoms with E-state index in [9.17, 15) is 4.79 Å². The molecule has 0 spiro atoms. The molecule has 0 radical (unpaired) electrons. The number of hydrogen-bond donors (Lipinski definition) is 1. The number of carbonyl (C=O) groups is 1. The van der Waals surface area contributed by atoms with Crippen molar-refractivity contribution in [3.63, 3.8) is 0 Å². The summed E-state index contributed by atoms with van der Waals surface area (Å²) < 4.78 is 5.42. The van der Waals surface area contributed by atoms with Crippen molar-refractivity contribution in [3.8, 4) is 0 Å². The molecule has 0 aromatic carbocycles. The molecule has 0 aromatic heterocycles. The lowest BCUT2D eigenvalue weighted by molar-refractivity contribution is 0.0552. The zero-order chi connectivity index (χ0) is 12.2. The van der Waals surface area contributed by atoms with Gasteiger partial charge in [0.25, 0.3) is 0 Å². The van der Waals surface area contributed by atoms with Crippen LogP contribution in [0.1, 0.15) is 59.8 Å².